The summed E-state index contributed by atoms with van der Waals surface area (Å²) in [4.78, 5) is 11.4. The zero-order chi connectivity index (χ0) is 10.3. The third-order valence-corrected chi connectivity index (χ3v) is 1.68. The van der Waals surface area contributed by atoms with Crippen molar-refractivity contribution in [3.63, 3.8) is 0 Å². The molecule has 3 nitrogen and oxygen atoms in total. The van der Waals surface area contributed by atoms with Gasteiger partial charge in [0, 0.05) is 6.04 Å². The van der Waals surface area contributed by atoms with Gasteiger partial charge in [0.2, 0.25) is 0 Å². The summed E-state index contributed by atoms with van der Waals surface area (Å²) in [5.74, 6) is -0.127. The molecule has 0 aromatic carbocycles. The maximum Gasteiger partial charge on any atom is 0.323 e. The molecule has 0 fully saturated rings. The van der Waals surface area contributed by atoms with E-state index in [-0.39, 0.29) is 12.0 Å². The summed E-state index contributed by atoms with van der Waals surface area (Å²) in [6, 6.07) is 0.186. The van der Waals surface area contributed by atoms with Crippen molar-refractivity contribution in [2.24, 2.45) is 0 Å². The van der Waals surface area contributed by atoms with E-state index in [9.17, 15) is 4.79 Å². The van der Waals surface area contributed by atoms with E-state index in [2.05, 4.69) is 12.2 Å². The molecule has 0 aliphatic rings. The van der Waals surface area contributed by atoms with Crippen LogP contribution < -0.4 is 5.32 Å². The minimum atomic E-state index is -0.134. The first kappa shape index (κ1) is 12.4. The monoisotopic (exact) mass is 187 g/mol. The molecular formula is C10H21NO2. The van der Waals surface area contributed by atoms with Crippen LogP contribution in [0.15, 0.2) is 0 Å². The van der Waals surface area contributed by atoms with Gasteiger partial charge >= 0.3 is 5.97 Å². The molecule has 1 atom stereocenters. The van der Waals surface area contributed by atoms with Crippen molar-refractivity contribution < 1.29 is 9.53 Å². The fraction of sp³-hybridized carbons (Fsp3) is 0.900. The molecule has 78 valence electrons. The summed E-state index contributed by atoms with van der Waals surface area (Å²) in [5, 5.41) is 3.19. The van der Waals surface area contributed by atoms with Crippen LogP contribution in [-0.2, 0) is 9.53 Å². The van der Waals surface area contributed by atoms with E-state index < -0.39 is 0 Å². The third kappa shape index (κ3) is 5.64. The standard InChI is InChI=1S/C10H21NO2/c1-5-7-9(11-8(3)4)10(12)13-6-2/h8-9,11H,5-7H2,1-4H3/t9-/m0/s1. The first-order chi connectivity index (χ1) is 6.11. The lowest BCUT2D eigenvalue weighted by Crippen LogP contribution is -2.41. The van der Waals surface area contributed by atoms with E-state index in [4.69, 9.17) is 4.74 Å². The van der Waals surface area contributed by atoms with Gasteiger partial charge in [-0.25, -0.2) is 0 Å². The highest BCUT2D eigenvalue weighted by Crippen LogP contribution is 2.00. The fourth-order valence-electron chi connectivity index (χ4n) is 1.20. The highest BCUT2D eigenvalue weighted by atomic mass is 16.5. The summed E-state index contributed by atoms with van der Waals surface area (Å²) in [6.45, 7) is 8.41. The molecule has 0 saturated heterocycles. The SMILES string of the molecule is CCC[C@H](NC(C)C)C(=O)OCC. The lowest BCUT2D eigenvalue weighted by molar-refractivity contribution is -0.146. The first-order valence-corrected chi connectivity index (χ1v) is 5.04. The van der Waals surface area contributed by atoms with E-state index in [0.29, 0.717) is 12.6 Å². The zero-order valence-corrected chi connectivity index (χ0v) is 9.09. The number of ether oxygens (including phenoxy) is 1. The Hall–Kier alpha value is -0.570. The van der Waals surface area contributed by atoms with Crippen LogP contribution in [0.3, 0.4) is 0 Å². The van der Waals surface area contributed by atoms with Crippen LogP contribution in [0.2, 0.25) is 0 Å². The topological polar surface area (TPSA) is 38.3 Å². The molecule has 0 aromatic heterocycles. The average molecular weight is 187 g/mol. The minimum Gasteiger partial charge on any atom is -0.465 e. The molecule has 0 saturated carbocycles. The summed E-state index contributed by atoms with van der Waals surface area (Å²) < 4.78 is 4.96. The van der Waals surface area contributed by atoms with Gasteiger partial charge in [0.15, 0.2) is 0 Å². The summed E-state index contributed by atoms with van der Waals surface area (Å²) in [6.07, 6.45) is 1.83. The third-order valence-electron chi connectivity index (χ3n) is 1.68. The number of nitrogens with one attached hydrogen (secondary N) is 1. The smallest absolute Gasteiger partial charge is 0.323 e. The molecule has 0 aliphatic carbocycles. The Bertz CT molecular complexity index is 146. The van der Waals surface area contributed by atoms with E-state index in [1.807, 2.05) is 20.8 Å². The van der Waals surface area contributed by atoms with Crippen molar-refractivity contribution in [3.8, 4) is 0 Å². The molecule has 0 unspecified atom stereocenters. The largest absolute Gasteiger partial charge is 0.465 e. The Morgan fingerprint density at radius 2 is 2.00 bits per heavy atom. The van der Waals surface area contributed by atoms with Gasteiger partial charge in [-0.1, -0.05) is 27.2 Å². The molecular weight excluding hydrogens is 166 g/mol. The first-order valence-electron chi connectivity index (χ1n) is 5.04. The zero-order valence-electron chi connectivity index (χ0n) is 9.09. The van der Waals surface area contributed by atoms with Crippen molar-refractivity contribution in [2.45, 2.75) is 52.6 Å². The number of carbonyl (C=O) groups excluding carboxylic acids is 1. The Kier molecular flexibility index (Phi) is 6.59. The van der Waals surface area contributed by atoms with Gasteiger partial charge < -0.3 is 10.1 Å². The second-order valence-corrected chi connectivity index (χ2v) is 3.41. The van der Waals surface area contributed by atoms with E-state index in [1.54, 1.807) is 0 Å². The molecule has 0 spiro atoms. The Morgan fingerprint density at radius 3 is 2.38 bits per heavy atom. The quantitative estimate of drug-likeness (QED) is 0.643. The lowest BCUT2D eigenvalue weighted by atomic mass is 10.1. The maximum atomic E-state index is 11.4. The van der Waals surface area contributed by atoms with Gasteiger partial charge in [0.1, 0.15) is 6.04 Å². The van der Waals surface area contributed by atoms with Crippen LogP contribution in [0, 0.1) is 0 Å². The van der Waals surface area contributed by atoms with Crippen molar-refractivity contribution >= 4 is 5.97 Å². The Morgan fingerprint density at radius 1 is 1.38 bits per heavy atom. The molecule has 13 heavy (non-hydrogen) atoms. The molecule has 0 heterocycles. The number of hydrogen-bond acceptors (Lipinski definition) is 3. The van der Waals surface area contributed by atoms with Crippen molar-refractivity contribution in [3.05, 3.63) is 0 Å². The van der Waals surface area contributed by atoms with Crippen LogP contribution >= 0.6 is 0 Å². The fourth-order valence-corrected chi connectivity index (χ4v) is 1.20. The number of hydrogen-bond donors (Lipinski definition) is 1. The van der Waals surface area contributed by atoms with Gasteiger partial charge in [0.05, 0.1) is 6.61 Å². The van der Waals surface area contributed by atoms with Crippen LogP contribution in [0.25, 0.3) is 0 Å². The van der Waals surface area contributed by atoms with Crippen LogP contribution in [-0.4, -0.2) is 24.7 Å². The van der Waals surface area contributed by atoms with Crippen LogP contribution in [0.5, 0.6) is 0 Å². The van der Waals surface area contributed by atoms with Crippen molar-refractivity contribution in [2.75, 3.05) is 6.61 Å². The average Bonchev–Trinajstić information content (AvgIpc) is 2.03. The van der Waals surface area contributed by atoms with Crippen molar-refractivity contribution in [1.82, 2.24) is 5.32 Å². The number of carbonyl (C=O) groups is 1. The molecule has 0 bridgehead atoms. The van der Waals surface area contributed by atoms with Crippen molar-refractivity contribution in [1.29, 1.82) is 0 Å². The van der Waals surface area contributed by atoms with Crippen LogP contribution in [0.4, 0.5) is 0 Å². The van der Waals surface area contributed by atoms with Gasteiger partial charge in [-0.3, -0.25) is 4.79 Å². The predicted molar refractivity (Wildman–Crippen MR) is 53.6 cm³/mol. The van der Waals surface area contributed by atoms with E-state index in [0.717, 1.165) is 12.8 Å². The summed E-state index contributed by atoms with van der Waals surface area (Å²) in [7, 11) is 0. The highest BCUT2D eigenvalue weighted by Gasteiger charge is 2.18. The Labute approximate surface area is 80.8 Å². The number of rotatable bonds is 6. The molecule has 0 aliphatic heterocycles. The minimum absolute atomic E-state index is 0.127. The number of esters is 1. The highest BCUT2D eigenvalue weighted by molar-refractivity contribution is 5.75. The second kappa shape index (κ2) is 6.89. The van der Waals surface area contributed by atoms with E-state index >= 15 is 0 Å². The molecule has 0 rings (SSSR count). The summed E-state index contributed by atoms with van der Waals surface area (Å²) in [5.41, 5.74) is 0. The van der Waals surface area contributed by atoms with Gasteiger partial charge in [-0.15, -0.1) is 0 Å². The summed E-state index contributed by atoms with van der Waals surface area (Å²) >= 11 is 0. The normalized spacial score (nSPS) is 13.0. The molecule has 0 radical (unpaired) electrons. The van der Waals surface area contributed by atoms with Gasteiger partial charge in [0.25, 0.3) is 0 Å². The second-order valence-electron chi connectivity index (χ2n) is 3.41. The molecule has 1 N–H and O–H groups in total. The molecule has 0 amide bonds. The Balaban J connectivity index is 3.98. The molecule has 0 aromatic rings. The van der Waals surface area contributed by atoms with Gasteiger partial charge in [-0.2, -0.15) is 0 Å². The van der Waals surface area contributed by atoms with Gasteiger partial charge in [-0.05, 0) is 13.3 Å². The van der Waals surface area contributed by atoms with Crippen LogP contribution in [0.1, 0.15) is 40.5 Å². The predicted octanol–water partition coefficient (Wildman–Crippen LogP) is 1.72. The lowest BCUT2D eigenvalue weighted by Gasteiger charge is -2.18. The van der Waals surface area contributed by atoms with E-state index in [1.165, 1.54) is 0 Å². The molecule has 3 heteroatoms. The maximum absolute atomic E-state index is 11.4.